The van der Waals surface area contributed by atoms with E-state index in [1.54, 1.807) is 49.4 Å². The number of sulfonamides is 1. The molecule has 0 aliphatic heterocycles. The van der Waals surface area contributed by atoms with Gasteiger partial charge in [-0.2, -0.15) is 0 Å². The van der Waals surface area contributed by atoms with Gasteiger partial charge in [-0.05, 0) is 73.2 Å². The van der Waals surface area contributed by atoms with Crippen molar-refractivity contribution in [2.24, 2.45) is 5.92 Å². The summed E-state index contributed by atoms with van der Waals surface area (Å²) in [6, 6.07) is 17.5. The Bertz CT molecular complexity index is 1480. The molecule has 1 atom stereocenters. The molecule has 0 radical (unpaired) electrons. The highest BCUT2D eigenvalue weighted by molar-refractivity contribution is 7.92. The first-order valence-corrected chi connectivity index (χ1v) is 15.7. The number of rotatable bonds is 12. The SMILES string of the molecule is CC[C@@H](C(=O)NCC(C)C)N(Cc1ccc(Cl)cc1Cl)C(=O)CN(c1cc(C)ccc1C)S(=O)(=O)c1ccccc1. The number of nitrogens with one attached hydrogen (secondary N) is 1. The third-order valence-electron chi connectivity index (χ3n) is 6.67. The van der Waals surface area contributed by atoms with E-state index in [0.717, 1.165) is 9.87 Å². The molecule has 3 rings (SSSR count). The van der Waals surface area contributed by atoms with Crippen molar-refractivity contribution in [3.8, 4) is 0 Å². The largest absolute Gasteiger partial charge is 0.354 e. The maximum absolute atomic E-state index is 14.2. The molecule has 3 aromatic carbocycles. The second-order valence-electron chi connectivity index (χ2n) is 10.4. The molecule has 10 heteroatoms. The molecule has 0 fully saturated rings. The fourth-order valence-electron chi connectivity index (χ4n) is 4.40. The van der Waals surface area contributed by atoms with Gasteiger partial charge in [0.25, 0.3) is 10.0 Å². The predicted molar refractivity (Wildman–Crippen MR) is 166 cm³/mol. The number of amides is 2. The minimum absolute atomic E-state index is 0.00549. The smallest absolute Gasteiger partial charge is 0.264 e. The molecule has 0 saturated carbocycles. The number of nitrogens with zero attached hydrogens (tertiary/aromatic N) is 2. The summed E-state index contributed by atoms with van der Waals surface area (Å²) in [7, 11) is -4.14. The van der Waals surface area contributed by atoms with E-state index in [-0.39, 0.29) is 23.3 Å². The zero-order chi connectivity index (χ0) is 30.3. The number of benzene rings is 3. The monoisotopic (exact) mass is 617 g/mol. The molecule has 41 heavy (non-hydrogen) atoms. The Morgan fingerprint density at radius 1 is 0.951 bits per heavy atom. The average molecular weight is 619 g/mol. The normalized spacial score (nSPS) is 12.2. The lowest BCUT2D eigenvalue weighted by Crippen LogP contribution is -2.52. The van der Waals surface area contributed by atoms with Crippen LogP contribution in [0.3, 0.4) is 0 Å². The number of halogens is 2. The molecular weight excluding hydrogens is 581 g/mol. The molecule has 0 bridgehead atoms. The van der Waals surface area contributed by atoms with Crippen LogP contribution in [0, 0.1) is 19.8 Å². The van der Waals surface area contributed by atoms with Crippen molar-refractivity contribution >= 4 is 50.7 Å². The Morgan fingerprint density at radius 3 is 2.24 bits per heavy atom. The highest BCUT2D eigenvalue weighted by Gasteiger charge is 2.34. The van der Waals surface area contributed by atoms with Crippen LogP contribution in [0.2, 0.25) is 10.0 Å². The molecule has 0 aromatic heterocycles. The Balaban J connectivity index is 2.10. The third kappa shape index (κ3) is 8.24. The molecule has 3 aromatic rings. The maximum Gasteiger partial charge on any atom is 0.264 e. The molecular formula is C31H37Cl2N3O4S. The van der Waals surface area contributed by atoms with E-state index < -0.39 is 28.5 Å². The minimum Gasteiger partial charge on any atom is -0.354 e. The van der Waals surface area contributed by atoms with E-state index in [9.17, 15) is 18.0 Å². The second kappa shape index (κ2) is 14.2. The third-order valence-corrected chi connectivity index (χ3v) is 9.03. The van der Waals surface area contributed by atoms with Gasteiger partial charge in [0.15, 0.2) is 0 Å². The van der Waals surface area contributed by atoms with E-state index in [2.05, 4.69) is 5.32 Å². The van der Waals surface area contributed by atoms with Gasteiger partial charge in [0.05, 0.1) is 10.6 Å². The van der Waals surface area contributed by atoms with Crippen LogP contribution in [-0.2, 0) is 26.2 Å². The standard InChI is InChI=1S/C31H37Cl2N3O4S/c1-6-28(31(38)34-18-21(2)3)35(19-24-14-15-25(32)17-27(24)33)30(37)20-36(29-16-22(4)12-13-23(29)5)41(39,40)26-10-8-7-9-11-26/h7-17,21,28H,6,18-20H2,1-5H3,(H,34,38)/t28-/m0/s1. The van der Waals surface area contributed by atoms with Gasteiger partial charge in [-0.25, -0.2) is 8.42 Å². The van der Waals surface area contributed by atoms with E-state index in [4.69, 9.17) is 23.2 Å². The zero-order valence-electron chi connectivity index (χ0n) is 24.0. The molecule has 0 unspecified atom stereocenters. The van der Waals surface area contributed by atoms with Gasteiger partial charge in [-0.3, -0.25) is 13.9 Å². The van der Waals surface area contributed by atoms with E-state index in [1.807, 2.05) is 39.8 Å². The van der Waals surface area contributed by atoms with Crippen molar-refractivity contribution < 1.29 is 18.0 Å². The van der Waals surface area contributed by atoms with Crippen LogP contribution < -0.4 is 9.62 Å². The van der Waals surface area contributed by atoms with Crippen molar-refractivity contribution in [3.05, 3.63) is 93.5 Å². The number of hydrogen-bond donors (Lipinski definition) is 1. The summed E-state index contributed by atoms with van der Waals surface area (Å²) in [5.41, 5.74) is 2.51. The first kappa shape index (κ1) is 32.4. The summed E-state index contributed by atoms with van der Waals surface area (Å²) in [5, 5.41) is 3.70. The van der Waals surface area contributed by atoms with Crippen LogP contribution in [-0.4, -0.2) is 44.3 Å². The second-order valence-corrected chi connectivity index (χ2v) is 13.1. The summed E-state index contributed by atoms with van der Waals surface area (Å²) < 4.78 is 29.1. The number of carbonyl (C=O) groups is 2. The molecule has 0 saturated heterocycles. The van der Waals surface area contributed by atoms with Gasteiger partial charge in [0.2, 0.25) is 11.8 Å². The lowest BCUT2D eigenvalue weighted by atomic mass is 10.1. The predicted octanol–water partition coefficient (Wildman–Crippen LogP) is 6.39. The van der Waals surface area contributed by atoms with E-state index in [1.165, 1.54) is 17.0 Å². The first-order chi connectivity index (χ1) is 19.3. The van der Waals surface area contributed by atoms with E-state index >= 15 is 0 Å². The van der Waals surface area contributed by atoms with Gasteiger partial charge in [0.1, 0.15) is 12.6 Å². The minimum atomic E-state index is -4.14. The zero-order valence-corrected chi connectivity index (χ0v) is 26.4. The van der Waals surface area contributed by atoms with Gasteiger partial charge in [0, 0.05) is 23.1 Å². The van der Waals surface area contributed by atoms with Crippen molar-refractivity contribution in [2.75, 3.05) is 17.4 Å². The van der Waals surface area contributed by atoms with Crippen LogP contribution in [0.15, 0.2) is 71.6 Å². The molecule has 1 N–H and O–H groups in total. The Morgan fingerprint density at radius 2 is 1.63 bits per heavy atom. The molecule has 0 spiro atoms. The van der Waals surface area contributed by atoms with Gasteiger partial charge in [-0.1, -0.05) is 80.4 Å². The fraction of sp³-hybridized carbons (Fsp3) is 0.355. The highest BCUT2D eigenvalue weighted by Crippen LogP contribution is 2.29. The molecule has 7 nitrogen and oxygen atoms in total. The van der Waals surface area contributed by atoms with Crippen LogP contribution in [0.5, 0.6) is 0 Å². The number of hydrogen-bond acceptors (Lipinski definition) is 4. The molecule has 0 heterocycles. The van der Waals surface area contributed by atoms with Crippen LogP contribution in [0.4, 0.5) is 5.69 Å². The van der Waals surface area contributed by atoms with Crippen molar-refractivity contribution in [3.63, 3.8) is 0 Å². The van der Waals surface area contributed by atoms with Crippen LogP contribution in [0.25, 0.3) is 0 Å². The van der Waals surface area contributed by atoms with Crippen LogP contribution in [0.1, 0.15) is 43.9 Å². The molecule has 0 aliphatic rings. The average Bonchev–Trinajstić information content (AvgIpc) is 2.93. The summed E-state index contributed by atoms with van der Waals surface area (Å²) in [6.45, 7) is 9.35. The molecule has 2 amide bonds. The molecule has 0 aliphatic carbocycles. The summed E-state index contributed by atoms with van der Waals surface area (Å²) in [6.07, 6.45) is 0.315. The number of aryl methyl sites for hydroxylation is 2. The Labute approximate surface area is 253 Å². The number of anilines is 1. The maximum atomic E-state index is 14.2. The van der Waals surface area contributed by atoms with Gasteiger partial charge in [-0.15, -0.1) is 0 Å². The van der Waals surface area contributed by atoms with E-state index in [0.29, 0.717) is 39.8 Å². The van der Waals surface area contributed by atoms with Gasteiger partial charge < -0.3 is 10.2 Å². The summed E-state index contributed by atoms with van der Waals surface area (Å²) >= 11 is 12.6. The lowest BCUT2D eigenvalue weighted by Gasteiger charge is -2.34. The van der Waals surface area contributed by atoms with Crippen molar-refractivity contribution in [1.82, 2.24) is 10.2 Å². The lowest BCUT2D eigenvalue weighted by molar-refractivity contribution is -0.140. The summed E-state index contributed by atoms with van der Waals surface area (Å²) in [5.74, 6) is -0.645. The highest BCUT2D eigenvalue weighted by atomic mass is 35.5. The molecule has 220 valence electrons. The van der Waals surface area contributed by atoms with Gasteiger partial charge >= 0.3 is 0 Å². The first-order valence-electron chi connectivity index (χ1n) is 13.5. The summed E-state index contributed by atoms with van der Waals surface area (Å²) in [4.78, 5) is 29.0. The van der Waals surface area contributed by atoms with Crippen molar-refractivity contribution in [1.29, 1.82) is 0 Å². The topological polar surface area (TPSA) is 86.8 Å². The Hall–Kier alpha value is -3.07. The quantitative estimate of drug-likeness (QED) is 0.255. The Kier molecular flexibility index (Phi) is 11.2. The van der Waals surface area contributed by atoms with Crippen LogP contribution >= 0.6 is 23.2 Å². The fourth-order valence-corrected chi connectivity index (χ4v) is 6.36. The number of carbonyl (C=O) groups excluding carboxylic acids is 2. The van der Waals surface area contributed by atoms with Crippen molar-refractivity contribution in [2.45, 2.75) is 58.5 Å².